The van der Waals surface area contributed by atoms with Crippen LogP contribution in [0.4, 0.5) is 11.4 Å². The summed E-state index contributed by atoms with van der Waals surface area (Å²) >= 11 is 3.49. The zero-order chi connectivity index (χ0) is 15.2. The molecule has 0 aliphatic rings. The van der Waals surface area contributed by atoms with Crippen molar-refractivity contribution in [2.24, 2.45) is 0 Å². The number of halogens is 1. The average Bonchev–Trinajstić information content (AvgIpc) is 2.47. The molecule has 2 aromatic rings. The van der Waals surface area contributed by atoms with Gasteiger partial charge in [0.25, 0.3) is 0 Å². The van der Waals surface area contributed by atoms with Crippen LogP contribution in [-0.2, 0) is 4.74 Å². The second kappa shape index (κ2) is 7.59. The highest BCUT2D eigenvalue weighted by Gasteiger charge is 2.07. The van der Waals surface area contributed by atoms with Gasteiger partial charge in [-0.05, 0) is 25.2 Å². The number of fused-ring (bicyclic) bond motifs is 1. The molecule has 0 saturated carbocycles. The van der Waals surface area contributed by atoms with Crippen molar-refractivity contribution < 1.29 is 4.74 Å². The summed E-state index contributed by atoms with van der Waals surface area (Å²) in [6.45, 7) is 3.39. The number of hydrogen-bond acceptors (Lipinski definition) is 5. The Morgan fingerprint density at radius 3 is 2.95 bits per heavy atom. The monoisotopic (exact) mass is 352 g/mol. The third kappa shape index (κ3) is 4.30. The normalized spacial score (nSPS) is 11.2. The largest absolute Gasteiger partial charge is 0.396 e. The summed E-state index contributed by atoms with van der Waals surface area (Å²) in [4.78, 5) is 6.57. The number of pyridine rings is 1. The lowest BCUT2D eigenvalue weighted by atomic mass is 10.1. The van der Waals surface area contributed by atoms with E-state index in [4.69, 9.17) is 10.5 Å². The number of rotatable bonds is 7. The van der Waals surface area contributed by atoms with Gasteiger partial charge in [0, 0.05) is 36.6 Å². The molecule has 2 rings (SSSR count). The van der Waals surface area contributed by atoms with Gasteiger partial charge in [0.15, 0.2) is 0 Å². The number of nitrogens with zero attached hydrogens (tertiary/aromatic N) is 2. The van der Waals surface area contributed by atoms with Crippen LogP contribution in [-0.4, -0.2) is 50.3 Å². The third-order valence-electron chi connectivity index (χ3n) is 3.33. The van der Waals surface area contributed by atoms with Crippen molar-refractivity contribution in [2.45, 2.75) is 0 Å². The Hall–Kier alpha value is -1.37. The summed E-state index contributed by atoms with van der Waals surface area (Å²) in [5.74, 6) is 0. The maximum atomic E-state index is 6.06. The number of nitrogens with one attached hydrogen (secondary N) is 1. The molecule has 0 spiro atoms. The molecule has 0 amide bonds. The Labute approximate surface area is 133 Å². The summed E-state index contributed by atoms with van der Waals surface area (Å²) in [5.41, 5.74) is 8.61. The quantitative estimate of drug-likeness (QED) is 0.801. The van der Waals surface area contributed by atoms with Gasteiger partial charge in [0.05, 0.1) is 29.7 Å². The van der Waals surface area contributed by atoms with E-state index in [-0.39, 0.29) is 0 Å². The molecule has 5 nitrogen and oxygen atoms in total. The number of ether oxygens (including phenoxy) is 1. The second-order valence-corrected chi connectivity index (χ2v) is 5.89. The molecule has 0 aliphatic heterocycles. The van der Waals surface area contributed by atoms with Crippen LogP contribution in [0.2, 0.25) is 0 Å². The van der Waals surface area contributed by atoms with Crippen LogP contribution in [0.3, 0.4) is 0 Å². The Balaban J connectivity index is 2.07. The molecule has 6 heteroatoms. The Morgan fingerprint density at radius 2 is 2.19 bits per heavy atom. The van der Waals surface area contributed by atoms with Gasteiger partial charge >= 0.3 is 0 Å². The maximum absolute atomic E-state index is 6.06. The first kappa shape index (κ1) is 16.0. The van der Waals surface area contributed by atoms with Crippen LogP contribution in [0.25, 0.3) is 10.9 Å². The molecule has 1 aromatic carbocycles. The van der Waals surface area contributed by atoms with Gasteiger partial charge in [-0.15, -0.1) is 0 Å². The van der Waals surface area contributed by atoms with E-state index in [1.165, 1.54) is 0 Å². The first-order valence-electron chi connectivity index (χ1n) is 6.87. The van der Waals surface area contributed by atoms with Gasteiger partial charge in [-0.25, -0.2) is 0 Å². The van der Waals surface area contributed by atoms with Gasteiger partial charge in [-0.3, -0.25) is 4.98 Å². The lowest BCUT2D eigenvalue weighted by Gasteiger charge is -2.18. The highest BCUT2D eigenvalue weighted by molar-refractivity contribution is 9.10. The van der Waals surface area contributed by atoms with Crippen molar-refractivity contribution >= 4 is 38.2 Å². The number of hydrogen-bond donors (Lipinski definition) is 2. The molecule has 0 saturated heterocycles. The number of nitrogen functional groups attached to an aromatic ring is 1. The molecular weight excluding hydrogens is 332 g/mol. The minimum atomic E-state index is 0.667. The van der Waals surface area contributed by atoms with Crippen LogP contribution < -0.4 is 11.1 Å². The lowest BCUT2D eigenvalue weighted by molar-refractivity contribution is 0.163. The van der Waals surface area contributed by atoms with Gasteiger partial charge in [0.2, 0.25) is 0 Å². The molecular formula is C15H21BrN4O. The summed E-state index contributed by atoms with van der Waals surface area (Å²) in [6, 6.07) is 6.00. The first-order valence-corrected chi connectivity index (χ1v) is 7.66. The Kier molecular flexibility index (Phi) is 5.78. The van der Waals surface area contributed by atoms with Crippen molar-refractivity contribution in [2.75, 3.05) is 51.4 Å². The standard InChI is InChI=1S/C15H21BrN4O/c1-20(7-8-21-2)6-5-18-15-12-9-11(16)3-4-14(12)19-10-13(15)17/h3-4,9-10H,5-8,17H2,1-2H3,(H,18,19). The summed E-state index contributed by atoms with van der Waals surface area (Å²) in [7, 11) is 3.79. The number of aromatic nitrogens is 1. The summed E-state index contributed by atoms with van der Waals surface area (Å²) in [6.07, 6.45) is 1.70. The minimum absolute atomic E-state index is 0.667. The van der Waals surface area contributed by atoms with Crippen molar-refractivity contribution in [1.29, 1.82) is 0 Å². The summed E-state index contributed by atoms with van der Waals surface area (Å²) in [5, 5.41) is 4.45. The fraction of sp³-hybridized carbons (Fsp3) is 0.400. The molecule has 21 heavy (non-hydrogen) atoms. The van der Waals surface area contributed by atoms with Gasteiger partial charge in [0.1, 0.15) is 0 Å². The molecule has 0 aliphatic carbocycles. The Bertz CT molecular complexity index is 600. The number of benzene rings is 1. The van der Waals surface area contributed by atoms with Crippen LogP contribution in [0.15, 0.2) is 28.9 Å². The van der Waals surface area contributed by atoms with E-state index in [9.17, 15) is 0 Å². The highest BCUT2D eigenvalue weighted by atomic mass is 79.9. The molecule has 3 N–H and O–H groups in total. The number of anilines is 2. The lowest BCUT2D eigenvalue weighted by Crippen LogP contribution is -2.28. The molecule has 0 fully saturated rings. The zero-order valence-electron chi connectivity index (χ0n) is 12.4. The van der Waals surface area contributed by atoms with Crippen LogP contribution in [0.5, 0.6) is 0 Å². The van der Waals surface area contributed by atoms with Crippen molar-refractivity contribution in [3.63, 3.8) is 0 Å². The van der Waals surface area contributed by atoms with Crippen LogP contribution in [0.1, 0.15) is 0 Å². The molecule has 0 unspecified atom stereocenters. The van der Waals surface area contributed by atoms with Gasteiger partial charge in [-0.1, -0.05) is 15.9 Å². The van der Waals surface area contributed by atoms with Crippen molar-refractivity contribution in [3.05, 3.63) is 28.9 Å². The zero-order valence-corrected chi connectivity index (χ0v) is 14.0. The minimum Gasteiger partial charge on any atom is -0.396 e. The molecule has 0 radical (unpaired) electrons. The number of nitrogens with two attached hydrogens (primary N) is 1. The fourth-order valence-corrected chi connectivity index (χ4v) is 2.47. The fourth-order valence-electron chi connectivity index (χ4n) is 2.11. The average molecular weight is 353 g/mol. The van der Waals surface area contributed by atoms with E-state index >= 15 is 0 Å². The van der Waals surface area contributed by atoms with Crippen LogP contribution >= 0.6 is 15.9 Å². The summed E-state index contributed by atoms with van der Waals surface area (Å²) < 4.78 is 6.09. The van der Waals surface area contributed by atoms with E-state index in [1.54, 1.807) is 13.3 Å². The molecule has 114 valence electrons. The van der Waals surface area contributed by atoms with E-state index in [2.05, 4.69) is 38.2 Å². The topological polar surface area (TPSA) is 63.4 Å². The van der Waals surface area contributed by atoms with E-state index in [1.807, 2.05) is 18.2 Å². The smallest absolute Gasteiger partial charge is 0.0743 e. The van der Waals surface area contributed by atoms with Crippen LogP contribution in [0, 0.1) is 0 Å². The number of methoxy groups -OCH3 is 1. The van der Waals surface area contributed by atoms with Crippen molar-refractivity contribution in [3.8, 4) is 0 Å². The van der Waals surface area contributed by atoms with Crippen molar-refractivity contribution in [1.82, 2.24) is 9.88 Å². The van der Waals surface area contributed by atoms with Gasteiger partial charge in [-0.2, -0.15) is 0 Å². The van der Waals surface area contributed by atoms with Gasteiger partial charge < -0.3 is 20.7 Å². The molecule has 0 bridgehead atoms. The number of likely N-dealkylation sites (N-methyl/N-ethyl adjacent to an activating group) is 1. The highest BCUT2D eigenvalue weighted by Crippen LogP contribution is 2.29. The SMILES string of the molecule is COCCN(C)CCNc1c(N)cnc2ccc(Br)cc12. The van der Waals surface area contributed by atoms with E-state index in [0.29, 0.717) is 5.69 Å². The predicted molar refractivity (Wildman–Crippen MR) is 91.7 cm³/mol. The maximum Gasteiger partial charge on any atom is 0.0743 e. The molecule has 1 aromatic heterocycles. The first-order chi connectivity index (χ1) is 10.1. The molecule has 0 atom stereocenters. The van der Waals surface area contributed by atoms with E-state index in [0.717, 1.165) is 47.3 Å². The Morgan fingerprint density at radius 1 is 1.38 bits per heavy atom. The predicted octanol–water partition coefficient (Wildman–Crippen LogP) is 2.57. The van der Waals surface area contributed by atoms with E-state index < -0.39 is 0 Å². The second-order valence-electron chi connectivity index (χ2n) is 4.97. The molecule has 1 heterocycles. The third-order valence-corrected chi connectivity index (χ3v) is 3.83.